The van der Waals surface area contributed by atoms with Gasteiger partial charge in [0.05, 0.1) is 11.3 Å². The third kappa shape index (κ3) is 4.64. The summed E-state index contributed by atoms with van der Waals surface area (Å²) in [7, 11) is -3.14. The van der Waals surface area contributed by atoms with Crippen molar-refractivity contribution in [1.29, 1.82) is 0 Å². The maximum Gasteiger partial charge on any atom is 0.246 e. The van der Waals surface area contributed by atoms with E-state index in [0.717, 1.165) is 16.5 Å². The van der Waals surface area contributed by atoms with Crippen molar-refractivity contribution >= 4 is 32.7 Å². The van der Waals surface area contributed by atoms with E-state index in [1.54, 1.807) is 24.1 Å². The molecule has 0 saturated heterocycles. The summed E-state index contributed by atoms with van der Waals surface area (Å²) in [6.45, 7) is 4.04. The molecule has 5 nitrogen and oxygen atoms in total. The third-order valence-electron chi connectivity index (χ3n) is 3.77. The van der Waals surface area contributed by atoms with Gasteiger partial charge in [-0.2, -0.15) is 0 Å². The van der Waals surface area contributed by atoms with Gasteiger partial charge in [-0.25, -0.2) is 8.42 Å². The Bertz CT molecular complexity index is 854. The van der Waals surface area contributed by atoms with Gasteiger partial charge in [0.25, 0.3) is 0 Å². The topological polar surface area (TPSA) is 67.3 Å². The van der Waals surface area contributed by atoms with Crippen LogP contribution >= 0.6 is 0 Å². The van der Waals surface area contributed by atoms with Crippen LogP contribution in [0.5, 0.6) is 0 Å². The molecule has 0 fully saturated rings. The summed E-state index contributed by atoms with van der Waals surface area (Å²) >= 11 is 0. The van der Waals surface area contributed by atoms with Crippen LogP contribution in [0.1, 0.15) is 19.4 Å². The fourth-order valence-corrected chi connectivity index (χ4v) is 3.79. The molecule has 1 amide bonds. The number of hydrogen-bond acceptors (Lipinski definition) is 4. The Morgan fingerprint density at radius 3 is 2.67 bits per heavy atom. The van der Waals surface area contributed by atoms with Gasteiger partial charge < -0.3 is 4.90 Å². The molecule has 0 N–H and O–H groups in total. The Balaban J connectivity index is 2.21. The van der Waals surface area contributed by atoms with Crippen LogP contribution in [0.15, 0.2) is 42.6 Å². The highest BCUT2D eigenvalue weighted by molar-refractivity contribution is 7.90. The predicted octanol–water partition coefficient (Wildman–Crippen LogP) is 2.53. The molecule has 0 aliphatic rings. The van der Waals surface area contributed by atoms with Crippen molar-refractivity contribution in [2.75, 3.05) is 18.6 Å². The lowest BCUT2D eigenvalue weighted by Gasteiger charge is -2.26. The molecular weight excluding hydrogens is 324 g/mol. The molecule has 2 rings (SSSR count). The van der Waals surface area contributed by atoms with Gasteiger partial charge in [-0.15, -0.1) is 0 Å². The van der Waals surface area contributed by atoms with Crippen molar-refractivity contribution < 1.29 is 13.2 Å². The van der Waals surface area contributed by atoms with Crippen LogP contribution < -0.4 is 0 Å². The van der Waals surface area contributed by atoms with E-state index in [1.807, 2.05) is 37.3 Å². The predicted molar refractivity (Wildman–Crippen MR) is 97.3 cm³/mol. The highest BCUT2D eigenvalue weighted by Gasteiger charge is 2.20. The van der Waals surface area contributed by atoms with Crippen LogP contribution in [0.25, 0.3) is 17.0 Å². The van der Waals surface area contributed by atoms with E-state index in [-0.39, 0.29) is 17.7 Å². The van der Waals surface area contributed by atoms with Crippen LogP contribution in [0, 0.1) is 0 Å². The molecule has 24 heavy (non-hydrogen) atoms. The van der Waals surface area contributed by atoms with Gasteiger partial charge >= 0.3 is 0 Å². The minimum absolute atomic E-state index is 0.0454. The highest BCUT2D eigenvalue weighted by Crippen LogP contribution is 2.17. The lowest BCUT2D eigenvalue weighted by Crippen LogP contribution is -2.41. The number of likely N-dealkylation sites (N-methyl/N-ethyl adjacent to an activating group) is 1. The lowest BCUT2D eigenvalue weighted by molar-refractivity contribution is -0.127. The zero-order valence-corrected chi connectivity index (χ0v) is 15.0. The quantitative estimate of drug-likeness (QED) is 0.754. The molecule has 1 aromatic heterocycles. The molecule has 0 spiro atoms. The fourth-order valence-electron chi connectivity index (χ4n) is 2.73. The minimum atomic E-state index is -3.14. The number of carbonyl (C=O) groups excluding carboxylic acids is 1. The van der Waals surface area contributed by atoms with Crippen molar-refractivity contribution in [3.8, 4) is 0 Å². The van der Waals surface area contributed by atoms with Crippen LogP contribution in [-0.4, -0.2) is 48.8 Å². The van der Waals surface area contributed by atoms with Gasteiger partial charge in [0.2, 0.25) is 5.91 Å². The normalized spacial score (nSPS) is 13.3. The van der Waals surface area contributed by atoms with Crippen molar-refractivity contribution in [2.24, 2.45) is 0 Å². The van der Waals surface area contributed by atoms with Gasteiger partial charge in [0.15, 0.2) is 0 Å². The van der Waals surface area contributed by atoms with Crippen molar-refractivity contribution in [1.82, 2.24) is 9.88 Å². The zero-order valence-electron chi connectivity index (χ0n) is 14.1. The van der Waals surface area contributed by atoms with E-state index >= 15 is 0 Å². The zero-order chi connectivity index (χ0) is 17.7. The second-order valence-corrected chi connectivity index (χ2v) is 8.01. The molecule has 0 bridgehead atoms. The second kappa shape index (κ2) is 7.57. The van der Waals surface area contributed by atoms with E-state index in [4.69, 9.17) is 0 Å². The number of sulfone groups is 1. The van der Waals surface area contributed by atoms with Crippen LogP contribution in [-0.2, 0) is 14.6 Å². The van der Waals surface area contributed by atoms with Gasteiger partial charge in [-0.3, -0.25) is 9.78 Å². The molecule has 1 aromatic carbocycles. The molecule has 0 radical (unpaired) electrons. The number of hydrogen-bond donors (Lipinski definition) is 0. The summed E-state index contributed by atoms with van der Waals surface area (Å²) in [6.07, 6.45) is 6.10. The number of aromatic nitrogens is 1. The number of rotatable bonds is 6. The summed E-state index contributed by atoms with van der Waals surface area (Å²) < 4.78 is 22.9. The van der Waals surface area contributed by atoms with Gasteiger partial charge in [-0.05, 0) is 26.0 Å². The minimum Gasteiger partial charge on any atom is -0.336 e. The van der Waals surface area contributed by atoms with E-state index in [9.17, 15) is 13.2 Å². The third-order valence-corrected chi connectivity index (χ3v) is 4.86. The summed E-state index contributed by atoms with van der Waals surface area (Å²) in [5.41, 5.74) is 1.68. The standard InChI is InChI=1S/C18H22N2O3S/c1-4-20(14(2)13-24(3,22)23)17(21)11-10-16-8-5-7-15-9-6-12-19-18(15)16/h5-12,14H,4,13H2,1-3H3. The number of pyridine rings is 1. The number of nitrogens with zero attached hydrogens (tertiary/aromatic N) is 2. The summed E-state index contributed by atoms with van der Waals surface area (Å²) in [6, 6.07) is 9.25. The summed E-state index contributed by atoms with van der Waals surface area (Å²) in [5.74, 6) is -0.252. The van der Waals surface area contributed by atoms with Crippen molar-refractivity contribution in [3.63, 3.8) is 0 Å². The van der Waals surface area contributed by atoms with E-state index < -0.39 is 9.84 Å². The summed E-state index contributed by atoms with van der Waals surface area (Å²) in [5, 5.41) is 1.00. The maximum atomic E-state index is 12.4. The van der Waals surface area contributed by atoms with Crippen LogP contribution in [0.3, 0.4) is 0 Å². The van der Waals surface area contributed by atoms with E-state index in [0.29, 0.717) is 6.54 Å². The monoisotopic (exact) mass is 346 g/mol. The molecular formula is C18H22N2O3S. The maximum absolute atomic E-state index is 12.4. The molecule has 128 valence electrons. The Kier molecular flexibility index (Phi) is 5.72. The van der Waals surface area contributed by atoms with Crippen molar-refractivity contribution in [3.05, 3.63) is 48.2 Å². The first-order valence-corrected chi connectivity index (χ1v) is 9.88. The van der Waals surface area contributed by atoms with Gasteiger partial charge in [-0.1, -0.05) is 24.3 Å². The SMILES string of the molecule is CCN(C(=O)C=Cc1cccc2cccnc12)C(C)CS(C)(=O)=O. The summed E-state index contributed by atoms with van der Waals surface area (Å²) in [4.78, 5) is 18.3. The fraction of sp³-hybridized carbons (Fsp3) is 0.333. The van der Waals surface area contributed by atoms with E-state index in [2.05, 4.69) is 4.98 Å². The van der Waals surface area contributed by atoms with E-state index in [1.165, 1.54) is 12.3 Å². The van der Waals surface area contributed by atoms with Crippen LogP contribution in [0.4, 0.5) is 0 Å². The Morgan fingerprint density at radius 1 is 1.29 bits per heavy atom. The number of amides is 1. The van der Waals surface area contributed by atoms with Gasteiger partial charge in [0.1, 0.15) is 9.84 Å². The molecule has 1 atom stereocenters. The lowest BCUT2D eigenvalue weighted by atomic mass is 10.1. The molecule has 2 aromatic rings. The molecule has 1 heterocycles. The number of carbonyl (C=O) groups is 1. The Labute approximate surface area is 142 Å². The van der Waals surface area contributed by atoms with Gasteiger partial charge in [0, 0.05) is 42.1 Å². The second-order valence-electron chi connectivity index (χ2n) is 5.82. The average molecular weight is 346 g/mol. The van der Waals surface area contributed by atoms with Crippen LogP contribution in [0.2, 0.25) is 0 Å². The Hall–Kier alpha value is -2.21. The molecule has 0 aliphatic heterocycles. The first kappa shape index (κ1) is 18.1. The first-order chi connectivity index (χ1) is 11.3. The molecule has 1 unspecified atom stereocenters. The number of para-hydroxylation sites is 1. The average Bonchev–Trinajstić information content (AvgIpc) is 2.51. The molecule has 6 heteroatoms. The Morgan fingerprint density at radius 2 is 2.00 bits per heavy atom. The molecule has 0 saturated carbocycles. The number of benzene rings is 1. The highest BCUT2D eigenvalue weighted by atomic mass is 32.2. The largest absolute Gasteiger partial charge is 0.336 e. The van der Waals surface area contributed by atoms with Crippen molar-refractivity contribution in [2.45, 2.75) is 19.9 Å². The number of fused-ring (bicyclic) bond motifs is 1. The smallest absolute Gasteiger partial charge is 0.246 e. The first-order valence-electron chi connectivity index (χ1n) is 7.82. The molecule has 0 aliphatic carbocycles.